The van der Waals surface area contributed by atoms with Crippen molar-refractivity contribution in [3.63, 3.8) is 0 Å². The lowest BCUT2D eigenvalue weighted by molar-refractivity contribution is -0.144. The summed E-state index contributed by atoms with van der Waals surface area (Å²) in [7, 11) is 0. The lowest BCUT2D eigenvalue weighted by Crippen LogP contribution is -2.10. The molecule has 0 amide bonds. The number of rotatable bonds is 6. The Balaban J connectivity index is 3.34. The minimum absolute atomic E-state index is 0.240. The maximum atomic E-state index is 10.9. The molecule has 14 heavy (non-hydrogen) atoms. The van der Waals surface area contributed by atoms with E-state index in [0.29, 0.717) is 18.4 Å². The van der Waals surface area contributed by atoms with Crippen LogP contribution in [0.25, 0.3) is 0 Å². The Kier molecular flexibility index (Phi) is 6.45. The Morgan fingerprint density at radius 1 is 1.21 bits per heavy atom. The fraction of sp³-hybridized carbons (Fsp3) is 0.600. The van der Waals surface area contributed by atoms with Gasteiger partial charge in [-0.2, -0.15) is 0 Å². The van der Waals surface area contributed by atoms with Crippen molar-refractivity contribution in [2.24, 2.45) is 0 Å². The number of ether oxygens (including phenoxy) is 2. The summed E-state index contributed by atoms with van der Waals surface area (Å²) in [5.74, 6) is -0.650. The van der Waals surface area contributed by atoms with Gasteiger partial charge in [-0.3, -0.25) is 4.79 Å². The van der Waals surface area contributed by atoms with Gasteiger partial charge in [-0.25, -0.2) is 4.79 Å². The van der Waals surface area contributed by atoms with Crippen LogP contribution in [0.15, 0.2) is 12.2 Å². The third-order valence-corrected chi connectivity index (χ3v) is 1.42. The molecule has 0 atom stereocenters. The van der Waals surface area contributed by atoms with E-state index in [2.05, 4.69) is 6.58 Å². The highest BCUT2D eigenvalue weighted by molar-refractivity contribution is 5.86. The average Bonchev–Trinajstić information content (AvgIpc) is 2.16. The van der Waals surface area contributed by atoms with E-state index in [4.69, 9.17) is 9.47 Å². The maximum absolute atomic E-state index is 10.9. The molecule has 0 rings (SSSR count). The summed E-state index contributed by atoms with van der Waals surface area (Å²) in [5, 5.41) is 0. The summed E-state index contributed by atoms with van der Waals surface area (Å²) < 4.78 is 9.57. The lowest BCUT2D eigenvalue weighted by Gasteiger charge is -2.04. The van der Waals surface area contributed by atoms with E-state index in [1.54, 1.807) is 13.8 Å². The van der Waals surface area contributed by atoms with Gasteiger partial charge in [0.05, 0.1) is 13.2 Å². The van der Waals surface area contributed by atoms with Gasteiger partial charge in [-0.1, -0.05) is 13.5 Å². The van der Waals surface area contributed by atoms with E-state index in [0.717, 1.165) is 0 Å². The molecule has 0 fully saturated rings. The van der Waals surface area contributed by atoms with Crippen LogP contribution in [0.2, 0.25) is 0 Å². The molecule has 0 aliphatic rings. The molecule has 0 saturated heterocycles. The van der Waals surface area contributed by atoms with Crippen molar-refractivity contribution < 1.29 is 19.1 Å². The highest BCUT2D eigenvalue weighted by Gasteiger charge is 2.02. The summed E-state index contributed by atoms with van der Waals surface area (Å²) in [6.45, 7) is 7.28. The second kappa shape index (κ2) is 7.12. The van der Waals surface area contributed by atoms with E-state index in [1.165, 1.54) is 0 Å². The van der Waals surface area contributed by atoms with E-state index in [9.17, 15) is 9.59 Å². The largest absolute Gasteiger partial charge is 0.466 e. The number of hydrogen-bond acceptors (Lipinski definition) is 4. The Morgan fingerprint density at radius 3 is 2.29 bits per heavy atom. The molecule has 0 aromatic rings. The average molecular weight is 200 g/mol. The lowest BCUT2D eigenvalue weighted by atomic mass is 10.4. The standard InChI is InChI=1S/C10H16O4/c1-4-9(11)13-6-5-7-14-10(12)8(2)3/h2,4-7H2,1,3H3. The van der Waals surface area contributed by atoms with Crippen LogP contribution in [-0.2, 0) is 19.1 Å². The van der Waals surface area contributed by atoms with Crippen LogP contribution in [0.4, 0.5) is 0 Å². The number of carbonyl (C=O) groups is 2. The van der Waals surface area contributed by atoms with Crippen molar-refractivity contribution in [2.75, 3.05) is 13.2 Å². The number of hydrogen-bond donors (Lipinski definition) is 0. The molecular formula is C10H16O4. The van der Waals surface area contributed by atoms with Crippen LogP contribution in [0.1, 0.15) is 26.7 Å². The van der Waals surface area contributed by atoms with Gasteiger partial charge in [-0.05, 0) is 6.92 Å². The van der Waals surface area contributed by atoms with Crippen molar-refractivity contribution in [1.29, 1.82) is 0 Å². The Labute approximate surface area is 83.9 Å². The first kappa shape index (κ1) is 12.7. The maximum Gasteiger partial charge on any atom is 0.333 e. The van der Waals surface area contributed by atoms with Crippen molar-refractivity contribution in [1.82, 2.24) is 0 Å². The predicted octanol–water partition coefficient (Wildman–Crippen LogP) is 1.45. The molecule has 0 bridgehead atoms. The van der Waals surface area contributed by atoms with Gasteiger partial charge < -0.3 is 9.47 Å². The monoisotopic (exact) mass is 200 g/mol. The first-order valence-electron chi connectivity index (χ1n) is 4.56. The second-order valence-corrected chi connectivity index (χ2v) is 2.84. The minimum atomic E-state index is -0.410. The molecule has 0 saturated carbocycles. The zero-order chi connectivity index (χ0) is 11.0. The Hall–Kier alpha value is -1.32. The van der Waals surface area contributed by atoms with Gasteiger partial charge in [0.25, 0.3) is 0 Å². The van der Waals surface area contributed by atoms with E-state index in [1.807, 2.05) is 0 Å². The zero-order valence-corrected chi connectivity index (χ0v) is 8.67. The molecule has 0 radical (unpaired) electrons. The predicted molar refractivity (Wildman–Crippen MR) is 51.6 cm³/mol. The van der Waals surface area contributed by atoms with Gasteiger partial charge >= 0.3 is 11.9 Å². The second-order valence-electron chi connectivity index (χ2n) is 2.84. The van der Waals surface area contributed by atoms with Crippen LogP contribution in [0, 0.1) is 0 Å². The smallest absolute Gasteiger partial charge is 0.333 e. The van der Waals surface area contributed by atoms with Gasteiger partial charge in [0.15, 0.2) is 0 Å². The van der Waals surface area contributed by atoms with Crippen molar-refractivity contribution >= 4 is 11.9 Å². The summed E-state index contributed by atoms with van der Waals surface area (Å²) in [6.07, 6.45) is 0.885. The van der Waals surface area contributed by atoms with E-state index < -0.39 is 5.97 Å². The van der Waals surface area contributed by atoms with Gasteiger partial charge in [0.1, 0.15) is 0 Å². The van der Waals surface area contributed by atoms with Crippen LogP contribution >= 0.6 is 0 Å². The van der Waals surface area contributed by atoms with Crippen LogP contribution < -0.4 is 0 Å². The van der Waals surface area contributed by atoms with Crippen molar-refractivity contribution in [3.8, 4) is 0 Å². The Bertz CT molecular complexity index is 220. The number of carbonyl (C=O) groups excluding carboxylic acids is 2. The highest BCUT2D eigenvalue weighted by Crippen LogP contribution is 1.94. The Morgan fingerprint density at radius 2 is 1.79 bits per heavy atom. The molecule has 0 heterocycles. The minimum Gasteiger partial charge on any atom is -0.466 e. The van der Waals surface area contributed by atoms with Crippen molar-refractivity contribution in [3.05, 3.63) is 12.2 Å². The normalized spacial score (nSPS) is 9.29. The molecule has 0 aromatic heterocycles. The van der Waals surface area contributed by atoms with Crippen LogP contribution in [0.5, 0.6) is 0 Å². The molecule has 0 aromatic carbocycles. The molecule has 0 aliphatic heterocycles. The fourth-order valence-corrected chi connectivity index (χ4v) is 0.635. The molecule has 0 aliphatic carbocycles. The molecule has 80 valence electrons. The SMILES string of the molecule is C=C(C)C(=O)OCCCOC(=O)CC. The van der Waals surface area contributed by atoms with Gasteiger partial charge in [0.2, 0.25) is 0 Å². The summed E-state index contributed by atoms with van der Waals surface area (Å²) >= 11 is 0. The zero-order valence-electron chi connectivity index (χ0n) is 8.67. The topological polar surface area (TPSA) is 52.6 Å². The van der Waals surface area contributed by atoms with E-state index >= 15 is 0 Å². The summed E-state index contributed by atoms with van der Waals surface area (Å²) in [5.41, 5.74) is 0.371. The van der Waals surface area contributed by atoms with Gasteiger partial charge in [-0.15, -0.1) is 0 Å². The quantitative estimate of drug-likeness (QED) is 0.370. The molecule has 4 nitrogen and oxygen atoms in total. The third-order valence-electron chi connectivity index (χ3n) is 1.42. The molecular weight excluding hydrogens is 184 g/mol. The van der Waals surface area contributed by atoms with Crippen LogP contribution in [-0.4, -0.2) is 25.2 Å². The molecule has 0 unspecified atom stereocenters. The first-order valence-corrected chi connectivity index (χ1v) is 4.56. The molecule has 4 heteroatoms. The van der Waals surface area contributed by atoms with E-state index in [-0.39, 0.29) is 19.2 Å². The molecule has 0 spiro atoms. The number of esters is 2. The van der Waals surface area contributed by atoms with Crippen LogP contribution in [0.3, 0.4) is 0 Å². The van der Waals surface area contributed by atoms with Gasteiger partial charge in [0, 0.05) is 18.4 Å². The first-order chi connectivity index (χ1) is 6.57. The molecule has 0 N–H and O–H groups in total. The summed E-state index contributed by atoms with van der Waals surface area (Å²) in [4.78, 5) is 21.5. The summed E-state index contributed by atoms with van der Waals surface area (Å²) in [6, 6.07) is 0. The third kappa shape index (κ3) is 6.22. The highest BCUT2D eigenvalue weighted by atomic mass is 16.5. The fourth-order valence-electron chi connectivity index (χ4n) is 0.635. The van der Waals surface area contributed by atoms with Crippen molar-refractivity contribution in [2.45, 2.75) is 26.7 Å².